The number of aryl methyl sites for hydroxylation is 1. The molecule has 2 aromatic rings. The van der Waals surface area contributed by atoms with Crippen LogP contribution < -0.4 is 5.32 Å². The maximum Gasteiger partial charge on any atom is 0.412 e. The van der Waals surface area contributed by atoms with Gasteiger partial charge in [-0.3, -0.25) is 10.3 Å². The largest absolute Gasteiger partial charge is 0.478 e. The number of aromatic nitrogens is 1. The van der Waals surface area contributed by atoms with E-state index in [0.717, 1.165) is 0 Å². The summed E-state index contributed by atoms with van der Waals surface area (Å²) >= 11 is 6.23. The minimum absolute atomic E-state index is 0.0794. The molecule has 0 aliphatic heterocycles. The number of pyridine rings is 1. The third kappa shape index (κ3) is 6.18. The number of anilines is 1. The Morgan fingerprint density at radius 3 is 2.17 bits per heavy atom. The molecule has 29 heavy (non-hydrogen) atoms. The standard InChI is InChI=1S/C20H21ClN2O6/c1-20(2,3)29-19(28)23-11-9-15(21)16(22-10-11)8-7-12-13(17(24)25)5-4-6-14(12)18(26)27/h4-6,9-10H,7-8H2,1-3H3,(H,23,28)(H,24,25)(H,26,27). The zero-order valence-electron chi connectivity index (χ0n) is 16.2. The van der Waals surface area contributed by atoms with Gasteiger partial charge in [-0.25, -0.2) is 14.4 Å². The van der Waals surface area contributed by atoms with Gasteiger partial charge < -0.3 is 14.9 Å². The van der Waals surface area contributed by atoms with Gasteiger partial charge in [0.1, 0.15) is 5.60 Å². The molecule has 154 valence electrons. The molecule has 1 aromatic carbocycles. The molecule has 1 aromatic heterocycles. The molecule has 0 saturated carbocycles. The van der Waals surface area contributed by atoms with Crippen molar-refractivity contribution < 1.29 is 29.3 Å². The van der Waals surface area contributed by atoms with E-state index in [1.807, 2.05) is 0 Å². The Kier molecular flexibility index (Phi) is 6.81. The summed E-state index contributed by atoms with van der Waals surface area (Å²) in [5.41, 5.74) is 0.165. The van der Waals surface area contributed by atoms with E-state index in [9.17, 15) is 24.6 Å². The van der Waals surface area contributed by atoms with Crippen LogP contribution >= 0.6 is 11.6 Å². The molecule has 0 fully saturated rings. The van der Waals surface area contributed by atoms with E-state index < -0.39 is 23.6 Å². The lowest BCUT2D eigenvalue weighted by Crippen LogP contribution is -2.27. The molecule has 0 saturated heterocycles. The Morgan fingerprint density at radius 1 is 1.10 bits per heavy atom. The highest BCUT2D eigenvalue weighted by Crippen LogP contribution is 2.23. The number of hydrogen-bond donors (Lipinski definition) is 3. The molecule has 3 N–H and O–H groups in total. The number of carbonyl (C=O) groups is 3. The van der Waals surface area contributed by atoms with Crippen molar-refractivity contribution in [3.63, 3.8) is 0 Å². The zero-order chi connectivity index (χ0) is 21.8. The first kappa shape index (κ1) is 22.2. The number of ether oxygens (including phenoxy) is 1. The number of nitrogens with zero attached hydrogens (tertiary/aromatic N) is 1. The predicted molar refractivity (Wildman–Crippen MR) is 107 cm³/mol. The number of hydrogen-bond acceptors (Lipinski definition) is 5. The number of aromatic carboxylic acids is 2. The first-order valence-electron chi connectivity index (χ1n) is 8.71. The van der Waals surface area contributed by atoms with Gasteiger partial charge in [-0.15, -0.1) is 0 Å². The van der Waals surface area contributed by atoms with E-state index in [0.29, 0.717) is 11.4 Å². The summed E-state index contributed by atoms with van der Waals surface area (Å²) in [4.78, 5) is 38.9. The fraction of sp³-hybridized carbons (Fsp3) is 0.300. The van der Waals surface area contributed by atoms with Crippen LogP contribution in [0.1, 0.15) is 52.7 Å². The summed E-state index contributed by atoms with van der Waals surface area (Å²) in [6.07, 6.45) is 1.09. The van der Waals surface area contributed by atoms with Crippen LogP contribution in [0.2, 0.25) is 5.02 Å². The molecule has 0 bridgehead atoms. The molecule has 0 atom stereocenters. The number of rotatable bonds is 6. The number of benzene rings is 1. The molecule has 8 nitrogen and oxygen atoms in total. The Labute approximate surface area is 172 Å². The Bertz CT molecular complexity index is 920. The number of nitrogens with one attached hydrogen (secondary N) is 1. The maximum absolute atomic E-state index is 11.8. The average Bonchev–Trinajstić information content (AvgIpc) is 2.58. The third-order valence-corrected chi connectivity index (χ3v) is 4.14. The molecular weight excluding hydrogens is 400 g/mol. The number of halogens is 1. The van der Waals surface area contributed by atoms with Gasteiger partial charge in [0.25, 0.3) is 0 Å². The quantitative estimate of drug-likeness (QED) is 0.637. The third-order valence-electron chi connectivity index (χ3n) is 3.81. The van der Waals surface area contributed by atoms with E-state index in [1.54, 1.807) is 20.8 Å². The second kappa shape index (κ2) is 8.91. The van der Waals surface area contributed by atoms with E-state index >= 15 is 0 Å². The van der Waals surface area contributed by atoms with Crippen molar-refractivity contribution in [1.82, 2.24) is 4.98 Å². The summed E-state index contributed by atoms with van der Waals surface area (Å²) in [5, 5.41) is 21.5. The minimum Gasteiger partial charge on any atom is -0.478 e. The summed E-state index contributed by atoms with van der Waals surface area (Å²) in [6.45, 7) is 5.21. The number of carboxylic acids is 2. The summed E-state index contributed by atoms with van der Waals surface area (Å²) in [7, 11) is 0. The van der Waals surface area contributed by atoms with Crippen molar-refractivity contribution >= 4 is 35.3 Å². The molecule has 0 aliphatic rings. The van der Waals surface area contributed by atoms with E-state index in [2.05, 4.69) is 10.3 Å². The fourth-order valence-electron chi connectivity index (χ4n) is 2.64. The SMILES string of the molecule is CC(C)(C)OC(=O)Nc1cnc(CCc2c(C(=O)O)cccc2C(=O)O)c(Cl)c1. The van der Waals surface area contributed by atoms with Crippen LogP contribution in [-0.4, -0.2) is 38.8 Å². The Hall–Kier alpha value is -3.13. The van der Waals surface area contributed by atoms with Crippen molar-refractivity contribution in [2.24, 2.45) is 0 Å². The maximum atomic E-state index is 11.8. The van der Waals surface area contributed by atoms with Gasteiger partial charge in [-0.05, 0) is 57.4 Å². The van der Waals surface area contributed by atoms with Crippen molar-refractivity contribution in [1.29, 1.82) is 0 Å². The smallest absolute Gasteiger partial charge is 0.412 e. The van der Waals surface area contributed by atoms with Gasteiger partial charge in [0.15, 0.2) is 0 Å². The molecule has 0 aliphatic carbocycles. The van der Waals surface area contributed by atoms with Crippen LogP contribution in [0.15, 0.2) is 30.5 Å². The molecule has 0 radical (unpaired) electrons. The molecule has 1 amide bonds. The van der Waals surface area contributed by atoms with Gasteiger partial charge in [-0.2, -0.15) is 0 Å². The van der Waals surface area contributed by atoms with Gasteiger partial charge in [-0.1, -0.05) is 17.7 Å². The zero-order valence-corrected chi connectivity index (χ0v) is 16.9. The van der Waals surface area contributed by atoms with Crippen LogP contribution in [-0.2, 0) is 17.6 Å². The minimum atomic E-state index is -1.21. The second-order valence-electron chi connectivity index (χ2n) is 7.22. The summed E-state index contributed by atoms with van der Waals surface area (Å²) in [6, 6.07) is 5.59. The average molecular weight is 421 g/mol. The molecule has 2 rings (SSSR count). The van der Waals surface area contributed by atoms with Crippen molar-refractivity contribution in [2.45, 2.75) is 39.2 Å². The highest BCUT2D eigenvalue weighted by atomic mass is 35.5. The lowest BCUT2D eigenvalue weighted by atomic mass is 9.96. The summed E-state index contributed by atoms with van der Waals surface area (Å²) < 4.78 is 5.16. The topological polar surface area (TPSA) is 126 Å². The first-order valence-corrected chi connectivity index (χ1v) is 9.08. The van der Waals surface area contributed by atoms with Crippen LogP contribution in [0.5, 0.6) is 0 Å². The molecule has 0 unspecified atom stereocenters. The van der Waals surface area contributed by atoms with Gasteiger partial charge in [0, 0.05) is 0 Å². The highest BCUT2D eigenvalue weighted by molar-refractivity contribution is 6.31. The van der Waals surface area contributed by atoms with Crippen molar-refractivity contribution in [3.05, 3.63) is 57.9 Å². The Morgan fingerprint density at radius 2 is 1.69 bits per heavy atom. The van der Waals surface area contributed by atoms with E-state index in [1.165, 1.54) is 30.5 Å². The summed E-state index contributed by atoms with van der Waals surface area (Å²) in [5.74, 6) is -2.42. The monoisotopic (exact) mass is 420 g/mol. The lowest BCUT2D eigenvalue weighted by molar-refractivity contribution is 0.0632. The Balaban J connectivity index is 2.18. The van der Waals surface area contributed by atoms with Crippen molar-refractivity contribution in [3.8, 4) is 0 Å². The molecule has 0 spiro atoms. The normalized spacial score (nSPS) is 11.0. The number of carbonyl (C=O) groups excluding carboxylic acids is 1. The van der Waals surface area contributed by atoms with Crippen LogP contribution in [0.3, 0.4) is 0 Å². The number of amides is 1. The number of carboxylic acid groups (broad SMARTS) is 2. The van der Waals surface area contributed by atoms with E-state index in [-0.39, 0.29) is 34.6 Å². The molecular formula is C20H21ClN2O6. The molecule has 9 heteroatoms. The van der Waals surface area contributed by atoms with Crippen molar-refractivity contribution in [2.75, 3.05) is 5.32 Å². The fourth-order valence-corrected chi connectivity index (χ4v) is 2.90. The van der Waals surface area contributed by atoms with Gasteiger partial charge in [0.2, 0.25) is 0 Å². The van der Waals surface area contributed by atoms with Crippen LogP contribution in [0.4, 0.5) is 10.5 Å². The van der Waals surface area contributed by atoms with Crippen LogP contribution in [0.25, 0.3) is 0 Å². The predicted octanol–water partition coefficient (Wildman–Crippen LogP) is 4.26. The van der Waals surface area contributed by atoms with Gasteiger partial charge >= 0.3 is 18.0 Å². The first-order chi connectivity index (χ1) is 13.5. The molecule has 1 heterocycles. The van der Waals surface area contributed by atoms with Crippen LogP contribution in [0, 0.1) is 0 Å². The highest BCUT2D eigenvalue weighted by Gasteiger charge is 2.19. The van der Waals surface area contributed by atoms with E-state index in [4.69, 9.17) is 16.3 Å². The second-order valence-corrected chi connectivity index (χ2v) is 7.63. The lowest BCUT2D eigenvalue weighted by Gasteiger charge is -2.19. The van der Waals surface area contributed by atoms with Gasteiger partial charge in [0.05, 0.1) is 33.7 Å².